The van der Waals surface area contributed by atoms with Gasteiger partial charge in [-0.1, -0.05) is 36.4 Å². The maximum atomic E-state index is 11.9. The van der Waals surface area contributed by atoms with Gasteiger partial charge in [-0.15, -0.1) is 6.07 Å². The van der Waals surface area contributed by atoms with Crippen LogP contribution in [0.5, 0.6) is 5.75 Å². The minimum absolute atomic E-state index is 0. The molecule has 1 aromatic carbocycles. The molecule has 0 saturated heterocycles. The van der Waals surface area contributed by atoms with Gasteiger partial charge in [0.2, 0.25) is 5.56 Å². The largest absolute Gasteiger partial charge is 0.490 e. The Labute approximate surface area is 154 Å². The van der Waals surface area contributed by atoms with Gasteiger partial charge in [0.05, 0.1) is 0 Å². The second-order valence-electron chi connectivity index (χ2n) is 4.43. The monoisotopic (exact) mass is 377 g/mol. The van der Waals surface area contributed by atoms with Gasteiger partial charge >= 0.3 is 0 Å². The van der Waals surface area contributed by atoms with Crippen LogP contribution in [0.4, 0.5) is 0 Å². The van der Waals surface area contributed by atoms with E-state index in [0.29, 0.717) is 12.3 Å². The topological polar surface area (TPSA) is 31.2 Å². The maximum absolute atomic E-state index is 11.9. The summed E-state index contributed by atoms with van der Waals surface area (Å²) in [6, 6.07) is 10.2. The Morgan fingerprint density at radius 1 is 1.48 bits per heavy atom. The van der Waals surface area contributed by atoms with Crippen LogP contribution >= 0.6 is 11.6 Å². The average Bonchev–Trinajstić information content (AvgIpc) is 2.44. The Balaban J connectivity index is 0.00000220. The summed E-state index contributed by atoms with van der Waals surface area (Å²) in [5.74, 6) is 0.769. The number of aryl methyl sites for hydroxylation is 1. The molecule has 1 heterocycles. The molecule has 0 fully saturated rings. The van der Waals surface area contributed by atoms with Crippen molar-refractivity contribution in [2.24, 2.45) is 7.05 Å². The smallest absolute Gasteiger partial charge is 0.212 e. The average molecular weight is 378 g/mol. The van der Waals surface area contributed by atoms with Gasteiger partial charge in [0, 0.05) is 44.8 Å². The summed E-state index contributed by atoms with van der Waals surface area (Å²) >= 11 is 5.80. The van der Waals surface area contributed by atoms with Crippen LogP contribution in [0.2, 0.25) is 5.02 Å². The standard InChI is InChI=1S/C16H15ClNO2.Y/c1-4-9-20-12-5-6-13(11(2)10-12)15-8-7-14(17)16(19)18(15)3;/h4-7,10H,1,9H2,2-3H3;/q-1;. The third-order valence-corrected chi connectivity index (χ3v) is 3.27. The molecule has 0 spiro atoms. The fourth-order valence-electron chi connectivity index (χ4n) is 1.96. The Bertz CT molecular complexity index is 710. The van der Waals surface area contributed by atoms with E-state index in [1.165, 1.54) is 10.6 Å². The predicted molar refractivity (Wildman–Crippen MR) is 81.4 cm³/mol. The van der Waals surface area contributed by atoms with E-state index in [1.807, 2.05) is 25.1 Å². The number of nitrogens with zero attached hydrogens (tertiary/aromatic N) is 1. The molecule has 0 aliphatic heterocycles. The molecule has 2 aromatic rings. The first-order valence-electron chi connectivity index (χ1n) is 6.16. The van der Waals surface area contributed by atoms with Gasteiger partial charge < -0.3 is 9.30 Å². The van der Waals surface area contributed by atoms with E-state index < -0.39 is 0 Å². The van der Waals surface area contributed by atoms with Crippen LogP contribution in [-0.2, 0) is 39.8 Å². The zero-order valence-electron chi connectivity index (χ0n) is 12.0. The van der Waals surface area contributed by atoms with Gasteiger partial charge in [-0.2, -0.15) is 23.7 Å². The molecule has 0 aliphatic rings. The Morgan fingerprint density at radius 3 is 2.81 bits per heavy atom. The van der Waals surface area contributed by atoms with E-state index in [-0.39, 0.29) is 43.3 Å². The van der Waals surface area contributed by atoms with Gasteiger partial charge in [0.15, 0.2) is 0 Å². The van der Waals surface area contributed by atoms with Crippen LogP contribution in [0.15, 0.2) is 41.7 Å². The number of benzene rings is 1. The summed E-state index contributed by atoms with van der Waals surface area (Å²) in [7, 11) is 1.68. The Hall–Kier alpha value is -0.896. The van der Waals surface area contributed by atoms with E-state index in [1.54, 1.807) is 13.1 Å². The van der Waals surface area contributed by atoms with Gasteiger partial charge in [0.1, 0.15) is 12.4 Å². The molecule has 21 heavy (non-hydrogen) atoms. The van der Waals surface area contributed by atoms with Crippen LogP contribution in [0.3, 0.4) is 0 Å². The van der Waals surface area contributed by atoms with E-state index in [0.717, 1.165) is 16.9 Å². The number of ether oxygens (including phenoxy) is 1. The molecule has 1 radical (unpaired) electrons. The summed E-state index contributed by atoms with van der Waals surface area (Å²) in [5.41, 5.74) is 2.39. The predicted octanol–water partition coefficient (Wildman–Crippen LogP) is 3.38. The van der Waals surface area contributed by atoms with E-state index in [9.17, 15) is 4.79 Å². The fraction of sp³-hybridized carbons (Fsp3) is 0.188. The number of pyridine rings is 1. The molecule has 5 heteroatoms. The van der Waals surface area contributed by atoms with E-state index in [4.69, 9.17) is 16.3 Å². The molecular weight excluding hydrogens is 363 g/mol. The summed E-state index contributed by atoms with van der Waals surface area (Å²) in [6.45, 7) is 6.04. The molecular formula is C16H15ClNO2Y-. The molecule has 0 bridgehead atoms. The normalized spacial score (nSPS) is 9.86. The number of halogens is 1. The Kier molecular flexibility index (Phi) is 6.85. The Morgan fingerprint density at radius 2 is 2.19 bits per heavy atom. The molecule has 2 rings (SSSR count). The molecule has 107 valence electrons. The van der Waals surface area contributed by atoms with Crippen molar-refractivity contribution in [3.8, 4) is 17.0 Å². The summed E-state index contributed by atoms with van der Waals surface area (Å²) in [5, 5.41) is 0.167. The fourth-order valence-corrected chi connectivity index (χ4v) is 2.14. The first-order chi connectivity index (χ1) is 9.54. The van der Waals surface area contributed by atoms with Crippen molar-refractivity contribution in [3.05, 3.63) is 63.9 Å². The van der Waals surface area contributed by atoms with Crippen molar-refractivity contribution in [1.29, 1.82) is 0 Å². The molecule has 0 N–H and O–H groups in total. The molecule has 3 nitrogen and oxygen atoms in total. The van der Waals surface area contributed by atoms with Crippen LogP contribution in [0.25, 0.3) is 11.3 Å². The molecule has 0 aliphatic carbocycles. The summed E-state index contributed by atoms with van der Waals surface area (Å²) < 4.78 is 6.98. The van der Waals surface area contributed by atoms with Crippen molar-refractivity contribution in [3.63, 3.8) is 0 Å². The van der Waals surface area contributed by atoms with Crippen molar-refractivity contribution >= 4 is 11.6 Å². The molecule has 0 amide bonds. The minimum Gasteiger partial charge on any atom is -0.490 e. The molecule has 0 unspecified atom stereocenters. The van der Waals surface area contributed by atoms with Crippen molar-refractivity contribution in [2.45, 2.75) is 6.92 Å². The SMILES string of the molecule is C=CCOc1ccc(-c2[c-]cc(Cl)c(=O)n2C)c(C)c1.[Y]. The van der Waals surface area contributed by atoms with Crippen LogP contribution < -0.4 is 10.3 Å². The van der Waals surface area contributed by atoms with Crippen molar-refractivity contribution < 1.29 is 37.4 Å². The van der Waals surface area contributed by atoms with Crippen molar-refractivity contribution in [1.82, 2.24) is 4.57 Å². The van der Waals surface area contributed by atoms with Gasteiger partial charge in [-0.05, 0) is 12.1 Å². The van der Waals surface area contributed by atoms with Crippen molar-refractivity contribution in [2.75, 3.05) is 6.61 Å². The second kappa shape index (κ2) is 7.93. The summed E-state index contributed by atoms with van der Waals surface area (Å²) in [6.07, 6.45) is 1.69. The zero-order chi connectivity index (χ0) is 14.7. The number of hydrogen-bond donors (Lipinski definition) is 0. The maximum Gasteiger partial charge on any atom is 0.212 e. The number of hydrogen-bond acceptors (Lipinski definition) is 2. The zero-order valence-corrected chi connectivity index (χ0v) is 15.6. The van der Waals surface area contributed by atoms with Crippen LogP contribution in [0, 0.1) is 13.0 Å². The number of rotatable bonds is 4. The first kappa shape index (κ1) is 18.2. The molecule has 0 atom stereocenters. The molecule has 1 aromatic heterocycles. The minimum atomic E-state index is -0.230. The third-order valence-electron chi connectivity index (χ3n) is 3.00. The van der Waals surface area contributed by atoms with E-state index >= 15 is 0 Å². The quantitative estimate of drug-likeness (QED) is 0.604. The van der Waals surface area contributed by atoms with Gasteiger partial charge in [0.25, 0.3) is 0 Å². The second-order valence-corrected chi connectivity index (χ2v) is 4.83. The van der Waals surface area contributed by atoms with E-state index in [2.05, 4.69) is 12.6 Å². The summed E-state index contributed by atoms with van der Waals surface area (Å²) in [4.78, 5) is 11.9. The van der Waals surface area contributed by atoms with Gasteiger partial charge in [-0.3, -0.25) is 4.79 Å². The van der Waals surface area contributed by atoms with Gasteiger partial charge in [-0.25, -0.2) is 0 Å². The van der Waals surface area contributed by atoms with Crippen LogP contribution in [0.1, 0.15) is 5.56 Å². The first-order valence-corrected chi connectivity index (χ1v) is 6.54. The number of aromatic nitrogens is 1. The molecule has 0 saturated carbocycles. The van der Waals surface area contributed by atoms with Crippen LogP contribution in [-0.4, -0.2) is 11.2 Å². The third kappa shape index (κ3) is 4.06.